The fourth-order valence-corrected chi connectivity index (χ4v) is 1.48. The molecule has 0 spiro atoms. The summed E-state index contributed by atoms with van der Waals surface area (Å²) in [5.74, 6) is 0.731. The molecular weight excluding hydrogens is 212 g/mol. The highest BCUT2D eigenvalue weighted by Gasteiger charge is 2.17. The van der Waals surface area contributed by atoms with Crippen molar-refractivity contribution in [2.24, 2.45) is 11.7 Å². The van der Waals surface area contributed by atoms with E-state index in [2.05, 4.69) is 21.1 Å². The third-order valence-corrected chi connectivity index (χ3v) is 2.55. The maximum absolute atomic E-state index is 5.66. The molecule has 0 aliphatic carbocycles. The summed E-state index contributed by atoms with van der Waals surface area (Å²) in [4.78, 5) is 0. The van der Waals surface area contributed by atoms with Gasteiger partial charge in [-0.1, -0.05) is 0 Å². The van der Waals surface area contributed by atoms with E-state index in [0.29, 0.717) is 6.04 Å². The molecule has 4 nitrogen and oxygen atoms in total. The summed E-state index contributed by atoms with van der Waals surface area (Å²) in [5, 5.41) is 3.27. The minimum Gasteiger partial charge on any atom is -0.402 e. The van der Waals surface area contributed by atoms with E-state index in [-0.39, 0.29) is 11.0 Å². The van der Waals surface area contributed by atoms with Gasteiger partial charge in [0.15, 0.2) is 0 Å². The van der Waals surface area contributed by atoms with E-state index in [1.807, 2.05) is 0 Å². The van der Waals surface area contributed by atoms with Gasteiger partial charge in [0.25, 0.3) is 0 Å². The monoisotopic (exact) mass is 238 g/mol. The molecular formula is C8H26N2O2Si2. The topological polar surface area (TPSA) is 56.5 Å². The molecule has 0 saturated carbocycles. The maximum atomic E-state index is 5.66. The minimum atomic E-state index is -0.568. The highest BCUT2D eigenvalue weighted by atomic mass is 28.3. The lowest BCUT2D eigenvalue weighted by atomic mass is 10.0. The Hall–Kier alpha value is 0.274. The molecule has 0 aromatic rings. The summed E-state index contributed by atoms with van der Waals surface area (Å²) in [6, 6.07) is 0.380. The fraction of sp³-hybridized carbons (Fsp3) is 1.00. The van der Waals surface area contributed by atoms with Crippen molar-refractivity contribution in [3.8, 4) is 0 Å². The average Bonchev–Trinajstić information content (AvgIpc) is 2.58. The van der Waals surface area contributed by atoms with Crippen LogP contribution in [0.15, 0.2) is 0 Å². The van der Waals surface area contributed by atoms with E-state index >= 15 is 0 Å². The van der Waals surface area contributed by atoms with Crippen molar-refractivity contribution in [3.05, 3.63) is 0 Å². The Morgan fingerprint density at radius 3 is 2.14 bits per heavy atom. The Balaban J connectivity index is 0. The van der Waals surface area contributed by atoms with E-state index in [0.717, 1.165) is 19.0 Å². The Bertz CT molecular complexity index is 110. The van der Waals surface area contributed by atoms with Gasteiger partial charge in [-0.2, -0.15) is 0 Å². The van der Waals surface area contributed by atoms with Gasteiger partial charge in [-0.3, -0.25) is 0 Å². The Labute approximate surface area is 94.0 Å². The second kappa shape index (κ2) is 11.3. The normalized spacial score (nSPS) is 21.9. The molecule has 2 atom stereocenters. The van der Waals surface area contributed by atoms with Gasteiger partial charge >= 0.3 is 10.0 Å². The zero-order valence-electron chi connectivity index (χ0n) is 8.88. The molecule has 0 amide bonds. The van der Waals surface area contributed by atoms with Crippen molar-refractivity contribution in [3.63, 3.8) is 0 Å². The average molecular weight is 238 g/mol. The van der Waals surface area contributed by atoms with Crippen LogP contribution in [0.5, 0.6) is 0 Å². The first-order chi connectivity index (χ1) is 6.22. The molecule has 1 aliphatic heterocycles. The Morgan fingerprint density at radius 2 is 2.00 bits per heavy atom. The number of nitrogens with two attached hydrogens (primary N) is 1. The van der Waals surface area contributed by atoms with Crippen LogP contribution in [0.1, 0.15) is 13.3 Å². The number of hydrogen-bond donors (Lipinski definition) is 2. The van der Waals surface area contributed by atoms with E-state index in [4.69, 9.17) is 5.73 Å². The van der Waals surface area contributed by atoms with Crippen LogP contribution >= 0.6 is 0 Å². The lowest BCUT2D eigenvalue weighted by molar-refractivity contribution is 0.309. The molecule has 1 aliphatic rings. The SMILES string of the molecule is CC(N)C1CCNC1.CO[SiH2]OC.[SiH4]. The molecule has 0 aromatic carbocycles. The van der Waals surface area contributed by atoms with Crippen LogP contribution in [0, 0.1) is 5.92 Å². The van der Waals surface area contributed by atoms with Crippen LogP contribution < -0.4 is 11.1 Å². The smallest absolute Gasteiger partial charge is 0.303 e. The van der Waals surface area contributed by atoms with Crippen LogP contribution in [0.25, 0.3) is 0 Å². The molecule has 1 heterocycles. The predicted molar refractivity (Wildman–Crippen MR) is 68.5 cm³/mol. The van der Waals surface area contributed by atoms with Crippen molar-refractivity contribution >= 4 is 21.0 Å². The van der Waals surface area contributed by atoms with Crippen molar-refractivity contribution in [1.29, 1.82) is 0 Å². The summed E-state index contributed by atoms with van der Waals surface area (Å²) in [6.07, 6.45) is 1.26. The van der Waals surface area contributed by atoms with Crippen molar-refractivity contribution < 1.29 is 8.85 Å². The van der Waals surface area contributed by atoms with Crippen molar-refractivity contribution in [2.45, 2.75) is 19.4 Å². The summed E-state index contributed by atoms with van der Waals surface area (Å²) < 4.78 is 9.22. The molecule has 2 unspecified atom stereocenters. The van der Waals surface area contributed by atoms with Crippen LogP contribution in [0.4, 0.5) is 0 Å². The molecule has 6 heteroatoms. The van der Waals surface area contributed by atoms with Crippen molar-refractivity contribution in [2.75, 3.05) is 27.3 Å². The van der Waals surface area contributed by atoms with Gasteiger partial charge in [0.2, 0.25) is 0 Å². The van der Waals surface area contributed by atoms with Gasteiger partial charge in [0.1, 0.15) is 0 Å². The molecule has 1 fully saturated rings. The van der Waals surface area contributed by atoms with Gasteiger partial charge in [-0.05, 0) is 43.3 Å². The molecule has 1 rings (SSSR count). The van der Waals surface area contributed by atoms with E-state index in [1.165, 1.54) is 6.42 Å². The lowest BCUT2D eigenvalue weighted by Gasteiger charge is -2.10. The first kappa shape index (κ1) is 16.7. The maximum Gasteiger partial charge on any atom is 0.303 e. The third kappa shape index (κ3) is 8.85. The second-order valence-electron chi connectivity index (χ2n) is 3.31. The summed E-state index contributed by atoms with van der Waals surface area (Å²) in [5.41, 5.74) is 5.66. The first-order valence-corrected chi connectivity index (χ1v) is 5.82. The van der Waals surface area contributed by atoms with Gasteiger partial charge in [-0.15, -0.1) is 0 Å². The molecule has 0 radical (unpaired) electrons. The fourth-order valence-electron chi connectivity index (χ4n) is 1.24. The Kier molecular flexibility index (Phi) is 13.5. The van der Waals surface area contributed by atoms with E-state index in [9.17, 15) is 0 Å². The van der Waals surface area contributed by atoms with Crippen LogP contribution in [-0.4, -0.2) is 54.3 Å². The summed E-state index contributed by atoms with van der Waals surface area (Å²) in [7, 11) is 2.73. The van der Waals surface area contributed by atoms with E-state index in [1.54, 1.807) is 14.2 Å². The third-order valence-electron chi connectivity index (χ3n) is 2.08. The zero-order chi connectivity index (χ0) is 10.1. The standard InChI is InChI=1S/C6H14N2.C2H8O2Si.H4Si/c1-5(7)6-2-3-8-4-6;1-3-5-4-2;/h5-6,8H,2-4,7H2,1H3;5H2,1-2H3;1H4. The zero-order valence-corrected chi connectivity index (χ0v) is 10.3. The second-order valence-corrected chi connectivity index (χ2v) is 4.70. The number of rotatable bonds is 3. The largest absolute Gasteiger partial charge is 0.402 e. The molecule has 0 bridgehead atoms. The quantitative estimate of drug-likeness (QED) is 0.547. The summed E-state index contributed by atoms with van der Waals surface area (Å²) in [6.45, 7) is 4.36. The minimum absolute atomic E-state index is 0. The number of nitrogens with one attached hydrogen (secondary N) is 1. The highest BCUT2D eigenvalue weighted by Crippen LogP contribution is 2.09. The first-order valence-electron chi connectivity index (χ1n) is 4.66. The molecule has 88 valence electrons. The molecule has 14 heavy (non-hydrogen) atoms. The number of hydrogen-bond acceptors (Lipinski definition) is 4. The van der Waals surface area contributed by atoms with Crippen LogP contribution in [-0.2, 0) is 8.85 Å². The van der Waals surface area contributed by atoms with Gasteiger partial charge in [-0.25, -0.2) is 0 Å². The lowest BCUT2D eigenvalue weighted by Crippen LogP contribution is -2.27. The Morgan fingerprint density at radius 1 is 1.43 bits per heavy atom. The van der Waals surface area contributed by atoms with Crippen LogP contribution in [0.3, 0.4) is 0 Å². The van der Waals surface area contributed by atoms with Crippen molar-refractivity contribution in [1.82, 2.24) is 5.32 Å². The predicted octanol–water partition coefficient (Wildman–Crippen LogP) is -2.23. The highest BCUT2D eigenvalue weighted by molar-refractivity contribution is 6.17. The molecule has 3 N–H and O–H groups in total. The van der Waals surface area contributed by atoms with Gasteiger partial charge in [0.05, 0.1) is 0 Å². The molecule has 1 saturated heterocycles. The molecule has 0 aromatic heterocycles. The summed E-state index contributed by atoms with van der Waals surface area (Å²) >= 11 is 0. The van der Waals surface area contributed by atoms with E-state index < -0.39 is 10.0 Å². The van der Waals surface area contributed by atoms with Crippen LogP contribution in [0.2, 0.25) is 0 Å². The van der Waals surface area contributed by atoms with Gasteiger partial charge < -0.3 is 19.9 Å². The van der Waals surface area contributed by atoms with Gasteiger partial charge in [0, 0.05) is 20.3 Å².